The van der Waals surface area contributed by atoms with Crippen molar-refractivity contribution in [1.82, 2.24) is 4.90 Å². The Hall–Kier alpha value is -4.78. The molecule has 1 fully saturated rings. The molecule has 192 valence electrons. The molecular formula is C31H27NO6. The number of methoxy groups -OCH3 is 1. The van der Waals surface area contributed by atoms with Crippen LogP contribution in [-0.4, -0.2) is 28.8 Å². The number of hydrogen-bond donors (Lipinski definition) is 1. The van der Waals surface area contributed by atoms with E-state index in [1.807, 2.05) is 49.4 Å². The van der Waals surface area contributed by atoms with E-state index < -0.39 is 17.7 Å². The summed E-state index contributed by atoms with van der Waals surface area (Å²) in [6, 6.07) is 24.7. The molecule has 1 aliphatic heterocycles. The first kappa shape index (κ1) is 24.9. The van der Waals surface area contributed by atoms with Crippen LogP contribution in [0.15, 0.2) is 101 Å². The molecule has 7 heteroatoms. The topological polar surface area (TPSA) is 89.2 Å². The molecular weight excluding hydrogens is 482 g/mol. The second kappa shape index (κ2) is 10.7. The van der Waals surface area contributed by atoms with Crippen molar-refractivity contribution in [1.29, 1.82) is 0 Å². The van der Waals surface area contributed by atoms with Gasteiger partial charge < -0.3 is 23.9 Å². The van der Waals surface area contributed by atoms with Gasteiger partial charge in [0, 0.05) is 12.1 Å². The number of rotatable bonds is 8. The fourth-order valence-corrected chi connectivity index (χ4v) is 4.60. The molecule has 5 rings (SSSR count). The monoisotopic (exact) mass is 509 g/mol. The molecule has 0 radical (unpaired) electrons. The lowest BCUT2D eigenvalue weighted by Crippen LogP contribution is -2.29. The molecule has 1 aromatic heterocycles. The van der Waals surface area contributed by atoms with Crippen LogP contribution in [0.25, 0.3) is 5.76 Å². The SMILES string of the molecule is COc1cccc(CN2C(=O)C(=O)/C(=C(\O)c3ccc(OCc4ccccc4)c(C)c3)C2c2ccco2)c1. The summed E-state index contributed by atoms with van der Waals surface area (Å²) in [5.74, 6) is -0.0712. The minimum absolute atomic E-state index is 0.0230. The molecule has 0 spiro atoms. The van der Waals surface area contributed by atoms with E-state index in [2.05, 4.69) is 0 Å². The van der Waals surface area contributed by atoms with Crippen molar-refractivity contribution >= 4 is 17.4 Å². The van der Waals surface area contributed by atoms with Gasteiger partial charge in [-0.15, -0.1) is 0 Å². The smallest absolute Gasteiger partial charge is 0.296 e. The summed E-state index contributed by atoms with van der Waals surface area (Å²) in [6.07, 6.45) is 1.48. The summed E-state index contributed by atoms with van der Waals surface area (Å²) in [4.78, 5) is 27.9. The van der Waals surface area contributed by atoms with Crippen LogP contribution in [0.3, 0.4) is 0 Å². The number of likely N-dealkylation sites (tertiary alicyclic amines) is 1. The third-order valence-corrected chi connectivity index (χ3v) is 6.53. The zero-order chi connectivity index (χ0) is 26.6. The molecule has 0 bridgehead atoms. The predicted octanol–water partition coefficient (Wildman–Crippen LogP) is 5.80. The Kier molecular flexibility index (Phi) is 7.00. The predicted molar refractivity (Wildman–Crippen MR) is 142 cm³/mol. The van der Waals surface area contributed by atoms with Gasteiger partial charge in [-0.25, -0.2) is 0 Å². The number of aryl methyl sites for hydroxylation is 1. The van der Waals surface area contributed by atoms with Crippen LogP contribution in [0.4, 0.5) is 0 Å². The largest absolute Gasteiger partial charge is 0.507 e. The summed E-state index contributed by atoms with van der Waals surface area (Å²) in [5.41, 5.74) is 2.98. The van der Waals surface area contributed by atoms with E-state index in [-0.39, 0.29) is 17.9 Å². The van der Waals surface area contributed by atoms with Gasteiger partial charge in [-0.05, 0) is 66.1 Å². The van der Waals surface area contributed by atoms with Crippen LogP contribution in [0.2, 0.25) is 0 Å². The Balaban J connectivity index is 1.48. The van der Waals surface area contributed by atoms with Crippen molar-refractivity contribution in [2.45, 2.75) is 26.1 Å². The highest BCUT2D eigenvalue weighted by atomic mass is 16.5. The zero-order valence-electron chi connectivity index (χ0n) is 21.1. The van der Waals surface area contributed by atoms with E-state index in [1.165, 1.54) is 11.2 Å². The van der Waals surface area contributed by atoms with Crippen LogP contribution in [0.1, 0.15) is 34.1 Å². The normalized spacial score (nSPS) is 16.6. The van der Waals surface area contributed by atoms with Gasteiger partial charge in [-0.1, -0.05) is 42.5 Å². The second-order valence-corrected chi connectivity index (χ2v) is 9.05. The van der Waals surface area contributed by atoms with Crippen molar-refractivity contribution in [3.63, 3.8) is 0 Å². The minimum atomic E-state index is -0.884. The number of Topliss-reactive ketones (excluding diaryl/α,β-unsaturated/α-hetero) is 1. The Morgan fingerprint density at radius 3 is 2.45 bits per heavy atom. The number of ketones is 1. The molecule has 3 aromatic carbocycles. The van der Waals surface area contributed by atoms with Crippen LogP contribution in [0.5, 0.6) is 11.5 Å². The standard InChI is InChI=1S/C31H27NO6/c1-20-16-23(13-14-25(20)38-19-21-8-4-3-5-9-21)29(33)27-28(26-12-7-15-37-26)32(31(35)30(27)34)18-22-10-6-11-24(17-22)36-2/h3-17,28,33H,18-19H2,1-2H3/b29-27-. The maximum absolute atomic E-state index is 13.3. The fraction of sp³-hybridized carbons (Fsp3) is 0.161. The van der Waals surface area contributed by atoms with Gasteiger partial charge in [-0.3, -0.25) is 9.59 Å². The zero-order valence-corrected chi connectivity index (χ0v) is 21.1. The van der Waals surface area contributed by atoms with Gasteiger partial charge in [-0.2, -0.15) is 0 Å². The van der Waals surface area contributed by atoms with Crippen molar-refractivity contribution in [2.75, 3.05) is 7.11 Å². The summed E-state index contributed by atoms with van der Waals surface area (Å²) in [7, 11) is 1.56. The van der Waals surface area contributed by atoms with Crippen molar-refractivity contribution < 1.29 is 28.6 Å². The van der Waals surface area contributed by atoms with E-state index in [0.717, 1.165) is 16.7 Å². The van der Waals surface area contributed by atoms with Crippen LogP contribution in [0, 0.1) is 6.92 Å². The molecule has 1 amide bonds. The van der Waals surface area contributed by atoms with Crippen LogP contribution < -0.4 is 9.47 Å². The number of amides is 1. The van der Waals surface area contributed by atoms with Gasteiger partial charge >= 0.3 is 0 Å². The maximum Gasteiger partial charge on any atom is 0.296 e. The van der Waals surface area contributed by atoms with E-state index in [4.69, 9.17) is 13.9 Å². The number of aliphatic hydroxyl groups excluding tert-OH is 1. The van der Waals surface area contributed by atoms with Gasteiger partial charge in [0.15, 0.2) is 0 Å². The molecule has 1 N–H and O–H groups in total. The van der Waals surface area contributed by atoms with E-state index in [1.54, 1.807) is 49.6 Å². The second-order valence-electron chi connectivity index (χ2n) is 9.05. The molecule has 4 aromatic rings. The minimum Gasteiger partial charge on any atom is -0.507 e. The number of benzene rings is 3. The third-order valence-electron chi connectivity index (χ3n) is 6.53. The first-order valence-corrected chi connectivity index (χ1v) is 12.2. The van der Waals surface area contributed by atoms with Gasteiger partial charge in [0.25, 0.3) is 11.7 Å². The third kappa shape index (κ3) is 4.91. The molecule has 1 saturated heterocycles. The lowest BCUT2D eigenvalue weighted by Gasteiger charge is -2.23. The molecule has 38 heavy (non-hydrogen) atoms. The highest BCUT2D eigenvalue weighted by Gasteiger charge is 2.47. The molecule has 7 nitrogen and oxygen atoms in total. The summed E-state index contributed by atoms with van der Waals surface area (Å²) < 4.78 is 16.9. The number of carbonyl (C=O) groups is 2. The highest BCUT2D eigenvalue weighted by molar-refractivity contribution is 6.46. The summed E-state index contributed by atoms with van der Waals surface area (Å²) in [6.45, 7) is 2.40. The average molecular weight is 510 g/mol. The van der Waals surface area contributed by atoms with E-state index in [0.29, 0.717) is 29.4 Å². The van der Waals surface area contributed by atoms with Crippen molar-refractivity contribution in [2.24, 2.45) is 0 Å². The number of carbonyl (C=O) groups excluding carboxylic acids is 2. The number of hydrogen-bond acceptors (Lipinski definition) is 6. The van der Waals surface area contributed by atoms with Gasteiger partial charge in [0.2, 0.25) is 0 Å². The lowest BCUT2D eigenvalue weighted by molar-refractivity contribution is -0.140. The number of ether oxygens (including phenoxy) is 2. The lowest BCUT2D eigenvalue weighted by atomic mass is 9.98. The van der Waals surface area contributed by atoms with Crippen molar-refractivity contribution in [3.8, 4) is 11.5 Å². The number of nitrogens with zero attached hydrogens (tertiary/aromatic N) is 1. The molecule has 1 atom stereocenters. The van der Waals surface area contributed by atoms with Crippen LogP contribution >= 0.6 is 0 Å². The number of aliphatic hydroxyl groups is 1. The van der Waals surface area contributed by atoms with E-state index in [9.17, 15) is 14.7 Å². The Morgan fingerprint density at radius 2 is 1.74 bits per heavy atom. The maximum atomic E-state index is 13.3. The van der Waals surface area contributed by atoms with E-state index >= 15 is 0 Å². The Labute approximate surface area is 220 Å². The van der Waals surface area contributed by atoms with Gasteiger partial charge in [0.1, 0.15) is 35.7 Å². The molecule has 1 aliphatic rings. The van der Waals surface area contributed by atoms with Crippen LogP contribution in [-0.2, 0) is 22.7 Å². The summed E-state index contributed by atoms with van der Waals surface area (Å²) in [5, 5.41) is 11.3. The molecule has 2 heterocycles. The molecule has 1 unspecified atom stereocenters. The fourth-order valence-electron chi connectivity index (χ4n) is 4.60. The first-order valence-electron chi connectivity index (χ1n) is 12.2. The van der Waals surface area contributed by atoms with Gasteiger partial charge in [0.05, 0.1) is 18.9 Å². The average Bonchev–Trinajstić information content (AvgIpc) is 3.55. The first-order chi connectivity index (χ1) is 18.5. The molecule has 0 aliphatic carbocycles. The molecule has 0 saturated carbocycles. The highest BCUT2D eigenvalue weighted by Crippen LogP contribution is 2.41. The Bertz CT molecular complexity index is 1490. The van der Waals surface area contributed by atoms with Crippen molar-refractivity contribution in [3.05, 3.63) is 125 Å². The Morgan fingerprint density at radius 1 is 0.947 bits per heavy atom. The quantitative estimate of drug-likeness (QED) is 0.184. The number of furan rings is 1. The summed E-state index contributed by atoms with van der Waals surface area (Å²) >= 11 is 0.